The highest BCUT2D eigenvalue weighted by Gasteiger charge is 2.23. The van der Waals surface area contributed by atoms with Crippen molar-refractivity contribution in [2.45, 2.75) is 19.4 Å². The molecule has 0 saturated carbocycles. The van der Waals surface area contributed by atoms with E-state index in [1.165, 1.54) is 29.3 Å². The van der Waals surface area contributed by atoms with Crippen LogP contribution < -0.4 is 15.9 Å². The number of thioether (sulfide) groups is 1. The van der Waals surface area contributed by atoms with Gasteiger partial charge in [0.2, 0.25) is 11.0 Å². The van der Waals surface area contributed by atoms with Gasteiger partial charge in [-0.15, -0.1) is 0 Å². The van der Waals surface area contributed by atoms with Gasteiger partial charge in [0.25, 0.3) is 0 Å². The van der Waals surface area contributed by atoms with Crippen molar-refractivity contribution < 1.29 is 9.59 Å². The molecule has 0 spiro atoms. The summed E-state index contributed by atoms with van der Waals surface area (Å²) in [7, 11) is -0.658. The van der Waals surface area contributed by atoms with E-state index < -0.39 is 14.0 Å². The Morgan fingerprint density at radius 2 is 1.31 bits per heavy atom. The maximum absolute atomic E-state index is 13.0. The lowest BCUT2D eigenvalue weighted by molar-refractivity contribution is -0.123. The van der Waals surface area contributed by atoms with Gasteiger partial charge in [-0.1, -0.05) is 103 Å². The third-order valence-corrected chi connectivity index (χ3v) is 8.38. The molecule has 0 radical (unpaired) electrons. The number of rotatable bonds is 8. The van der Waals surface area contributed by atoms with Crippen LogP contribution >= 0.6 is 19.7 Å². The van der Waals surface area contributed by atoms with Crippen LogP contribution in [0.3, 0.4) is 0 Å². The van der Waals surface area contributed by atoms with Crippen LogP contribution in [0.1, 0.15) is 12.5 Å². The lowest BCUT2D eigenvalue weighted by Gasteiger charge is -2.20. The topological polar surface area (TPSA) is 46.2 Å². The van der Waals surface area contributed by atoms with Crippen molar-refractivity contribution in [1.29, 1.82) is 0 Å². The van der Waals surface area contributed by atoms with Crippen molar-refractivity contribution in [3.8, 4) is 0 Å². The predicted molar refractivity (Wildman–Crippen MR) is 124 cm³/mol. The van der Waals surface area contributed by atoms with Crippen molar-refractivity contribution in [2.75, 3.05) is 5.49 Å². The Kier molecular flexibility index (Phi) is 8.03. The fourth-order valence-electron chi connectivity index (χ4n) is 3.03. The summed E-state index contributed by atoms with van der Waals surface area (Å²) in [6.45, 7) is 1.46. The zero-order valence-electron chi connectivity index (χ0n) is 16.3. The van der Waals surface area contributed by atoms with Gasteiger partial charge in [0.1, 0.15) is 6.04 Å². The van der Waals surface area contributed by atoms with Crippen molar-refractivity contribution in [2.24, 2.45) is 0 Å². The first-order chi connectivity index (χ1) is 14.1. The fourth-order valence-corrected chi connectivity index (χ4v) is 6.95. The molecule has 0 fully saturated rings. The molecule has 0 heterocycles. The van der Waals surface area contributed by atoms with Crippen LogP contribution in [-0.2, 0) is 16.0 Å². The first-order valence-corrected chi connectivity index (χ1v) is 12.0. The molecule has 0 aromatic heterocycles. The molecule has 0 aliphatic rings. The normalized spacial score (nSPS) is 11.8. The second-order valence-corrected chi connectivity index (χ2v) is 10.2. The highest BCUT2D eigenvalue weighted by Crippen LogP contribution is 2.38. The monoisotopic (exact) mass is 421 g/mol. The molecule has 1 N–H and O–H groups in total. The molecule has 5 heteroatoms. The standard InChI is InChI=1S/C24H24NO2PS/c1-19(26)25-23(17-20-11-5-2-6-12-20)24(27)29-18-28(21-13-7-3-8-14-21)22-15-9-4-10-16-22/h2-16,23H,17-18H2,1H3,(H,25,26). The summed E-state index contributed by atoms with van der Waals surface area (Å²) in [4.78, 5) is 24.7. The summed E-state index contributed by atoms with van der Waals surface area (Å²) < 4.78 is 0. The highest BCUT2D eigenvalue weighted by atomic mass is 32.2. The molecule has 3 rings (SSSR count). The Hall–Kier alpha value is -2.42. The third kappa shape index (κ3) is 6.56. The van der Waals surface area contributed by atoms with Crippen LogP contribution in [0.5, 0.6) is 0 Å². The molecule has 3 aromatic rings. The Labute approximate surface area is 177 Å². The Morgan fingerprint density at radius 1 is 0.828 bits per heavy atom. The van der Waals surface area contributed by atoms with Gasteiger partial charge in [-0.25, -0.2) is 0 Å². The molecule has 0 aliphatic heterocycles. The smallest absolute Gasteiger partial charge is 0.217 e. The first-order valence-electron chi connectivity index (χ1n) is 9.49. The second-order valence-electron chi connectivity index (χ2n) is 6.63. The maximum Gasteiger partial charge on any atom is 0.217 e. The Morgan fingerprint density at radius 3 is 1.79 bits per heavy atom. The molecule has 1 atom stereocenters. The number of amides is 1. The molecule has 0 saturated heterocycles. The van der Waals surface area contributed by atoms with E-state index in [1.54, 1.807) is 0 Å². The molecule has 0 aliphatic carbocycles. The van der Waals surface area contributed by atoms with Gasteiger partial charge in [0.05, 0.1) is 0 Å². The van der Waals surface area contributed by atoms with Gasteiger partial charge in [-0.3, -0.25) is 9.59 Å². The van der Waals surface area contributed by atoms with E-state index in [2.05, 4.69) is 29.6 Å². The van der Waals surface area contributed by atoms with Gasteiger partial charge >= 0.3 is 0 Å². The van der Waals surface area contributed by atoms with E-state index in [9.17, 15) is 9.59 Å². The molecule has 148 valence electrons. The molecule has 0 bridgehead atoms. The lowest BCUT2D eigenvalue weighted by Crippen LogP contribution is -2.40. The summed E-state index contributed by atoms with van der Waals surface area (Å²) in [5, 5.41) is 5.32. The van der Waals surface area contributed by atoms with Crippen LogP contribution in [0, 0.1) is 0 Å². The number of carbonyl (C=O) groups is 2. The summed E-state index contributed by atoms with van der Waals surface area (Å²) in [5.74, 6) is -0.187. The Bertz CT molecular complexity index is 880. The van der Waals surface area contributed by atoms with E-state index in [-0.39, 0.29) is 11.0 Å². The van der Waals surface area contributed by atoms with Crippen LogP contribution in [0.4, 0.5) is 0 Å². The van der Waals surface area contributed by atoms with E-state index in [0.29, 0.717) is 11.9 Å². The average Bonchev–Trinajstić information content (AvgIpc) is 2.75. The minimum Gasteiger partial charge on any atom is -0.345 e. The zero-order valence-corrected chi connectivity index (χ0v) is 18.0. The average molecular weight is 422 g/mol. The number of hydrogen-bond donors (Lipinski definition) is 1. The number of nitrogens with one attached hydrogen (secondary N) is 1. The molecule has 1 amide bonds. The summed E-state index contributed by atoms with van der Waals surface area (Å²) in [5.41, 5.74) is 1.72. The fraction of sp³-hybridized carbons (Fsp3) is 0.167. The minimum absolute atomic E-state index is 0.00316. The second kappa shape index (κ2) is 10.9. The molecule has 3 aromatic carbocycles. The summed E-state index contributed by atoms with van der Waals surface area (Å²) >= 11 is 1.32. The van der Waals surface area contributed by atoms with Crippen molar-refractivity contribution in [3.63, 3.8) is 0 Å². The van der Waals surface area contributed by atoms with E-state index in [0.717, 1.165) is 5.56 Å². The lowest BCUT2D eigenvalue weighted by atomic mass is 10.1. The molecule has 1 unspecified atom stereocenters. The number of hydrogen-bond acceptors (Lipinski definition) is 3. The Balaban J connectivity index is 1.74. The van der Waals surface area contributed by atoms with Gasteiger partial charge in [0, 0.05) is 18.8 Å². The molecular formula is C24H24NO2PS. The maximum atomic E-state index is 13.0. The van der Waals surface area contributed by atoms with Crippen LogP contribution in [0.25, 0.3) is 0 Å². The van der Waals surface area contributed by atoms with Gasteiger partial charge in [-0.2, -0.15) is 0 Å². The third-order valence-electron chi connectivity index (χ3n) is 4.42. The molecular weight excluding hydrogens is 397 g/mol. The SMILES string of the molecule is CC(=O)NC(Cc1ccccc1)C(=O)SCP(c1ccccc1)c1ccccc1. The number of carbonyl (C=O) groups excluding carboxylic acids is 2. The largest absolute Gasteiger partial charge is 0.345 e. The van der Waals surface area contributed by atoms with E-state index in [1.807, 2.05) is 66.7 Å². The minimum atomic E-state index is -0.658. The van der Waals surface area contributed by atoms with Crippen molar-refractivity contribution in [1.82, 2.24) is 5.32 Å². The van der Waals surface area contributed by atoms with Crippen molar-refractivity contribution >= 4 is 41.3 Å². The van der Waals surface area contributed by atoms with E-state index >= 15 is 0 Å². The predicted octanol–water partition coefficient (Wildman–Crippen LogP) is 4.08. The molecule has 3 nitrogen and oxygen atoms in total. The van der Waals surface area contributed by atoms with Gasteiger partial charge in [-0.05, 0) is 24.1 Å². The van der Waals surface area contributed by atoms with E-state index in [4.69, 9.17) is 0 Å². The zero-order chi connectivity index (χ0) is 20.5. The van der Waals surface area contributed by atoms with Crippen LogP contribution in [0.2, 0.25) is 0 Å². The van der Waals surface area contributed by atoms with Crippen molar-refractivity contribution in [3.05, 3.63) is 96.6 Å². The summed E-state index contributed by atoms with van der Waals surface area (Å²) in [6, 6.07) is 29.9. The highest BCUT2D eigenvalue weighted by molar-refractivity contribution is 8.18. The van der Waals surface area contributed by atoms with Gasteiger partial charge in [0.15, 0.2) is 0 Å². The van der Waals surface area contributed by atoms with Crippen LogP contribution in [-0.4, -0.2) is 22.6 Å². The number of benzene rings is 3. The first kappa shape index (κ1) is 21.3. The quantitative estimate of drug-likeness (QED) is 0.558. The summed E-state index contributed by atoms with van der Waals surface area (Å²) in [6.07, 6.45) is 0.501. The molecule has 29 heavy (non-hydrogen) atoms. The van der Waals surface area contributed by atoms with Gasteiger partial charge < -0.3 is 5.32 Å². The van der Waals surface area contributed by atoms with Crippen LogP contribution in [0.15, 0.2) is 91.0 Å².